The lowest BCUT2D eigenvalue weighted by atomic mass is 10.1. The number of hydrogen-bond donors (Lipinski definition) is 2. The highest BCUT2D eigenvalue weighted by Gasteiger charge is 2.05. The summed E-state index contributed by atoms with van der Waals surface area (Å²) in [5.41, 5.74) is 0.913. The second-order valence-electron chi connectivity index (χ2n) is 5.05. The molecule has 0 fully saturated rings. The van der Waals surface area contributed by atoms with E-state index >= 15 is 0 Å². The first-order valence-corrected chi connectivity index (χ1v) is 6.56. The molecule has 0 saturated heterocycles. The Morgan fingerprint density at radius 2 is 2.28 bits per heavy atom. The Morgan fingerprint density at radius 1 is 1.50 bits per heavy atom. The average molecular weight is 255 g/mol. The Bertz CT molecular complexity index is 326. The van der Waals surface area contributed by atoms with Crippen molar-refractivity contribution in [1.82, 2.24) is 9.78 Å². The third-order valence-electron chi connectivity index (χ3n) is 2.63. The van der Waals surface area contributed by atoms with Gasteiger partial charge in [-0.3, -0.25) is 4.68 Å². The molecule has 0 amide bonds. The summed E-state index contributed by atoms with van der Waals surface area (Å²) in [5, 5.41) is 16.9. The highest BCUT2D eigenvalue weighted by molar-refractivity contribution is 5.37. The van der Waals surface area contributed by atoms with Gasteiger partial charge in [-0.2, -0.15) is 5.10 Å². The largest absolute Gasteiger partial charge is 0.389 e. The summed E-state index contributed by atoms with van der Waals surface area (Å²) in [4.78, 5) is 0. The number of aryl methyl sites for hydroxylation is 1. The van der Waals surface area contributed by atoms with Crippen molar-refractivity contribution < 1.29 is 9.84 Å². The quantitative estimate of drug-likeness (QED) is 0.659. The van der Waals surface area contributed by atoms with Gasteiger partial charge in [0.05, 0.1) is 24.6 Å². The van der Waals surface area contributed by atoms with Crippen LogP contribution in [0.3, 0.4) is 0 Å². The molecule has 2 N–H and O–H groups in total. The molecule has 0 aliphatic rings. The molecule has 0 spiro atoms. The number of ether oxygens (including phenoxy) is 1. The van der Waals surface area contributed by atoms with E-state index in [4.69, 9.17) is 4.74 Å². The number of rotatable bonds is 9. The minimum Gasteiger partial charge on any atom is -0.389 e. The van der Waals surface area contributed by atoms with Crippen molar-refractivity contribution in [3.63, 3.8) is 0 Å². The number of aliphatic hydroxyl groups excluding tert-OH is 1. The maximum Gasteiger partial charge on any atom is 0.0945 e. The molecule has 0 bridgehead atoms. The van der Waals surface area contributed by atoms with Crippen LogP contribution in [0.2, 0.25) is 0 Å². The number of hydrogen-bond acceptors (Lipinski definition) is 4. The number of nitrogens with one attached hydrogen (secondary N) is 1. The highest BCUT2D eigenvalue weighted by Crippen LogP contribution is 2.04. The Kier molecular flexibility index (Phi) is 6.75. The third kappa shape index (κ3) is 6.61. The van der Waals surface area contributed by atoms with Crippen LogP contribution in [-0.4, -0.2) is 40.7 Å². The van der Waals surface area contributed by atoms with Crippen LogP contribution >= 0.6 is 0 Å². The summed E-state index contributed by atoms with van der Waals surface area (Å²) in [7, 11) is 1.86. The van der Waals surface area contributed by atoms with E-state index in [0.29, 0.717) is 19.1 Å². The van der Waals surface area contributed by atoms with Crippen LogP contribution in [-0.2, 0) is 11.8 Å². The molecule has 1 heterocycles. The SMILES string of the molecule is CC(C)CCCOCC(O)CNc1cnn(C)c1. The minimum atomic E-state index is -0.482. The summed E-state index contributed by atoms with van der Waals surface area (Å²) >= 11 is 0. The Balaban J connectivity index is 2.02. The van der Waals surface area contributed by atoms with Gasteiger partial charge in [0, 0.05) is 26.4 Å². The standard InChI is InChI=1S/C13H25N3O2/c1-11(2)5-4-6-18-10-13(17)8-14-12-7-15-16(3)9-12/h7,9,11,13-14,17H,4-6,8,10H2,1-3H3. The van der Waals surface area contributed by atoms with Gasteiger partial charge in [-0.1, -0.05) is 13.8 Å². The second-order valence-corrected chi connectivity index (χ2v) is 5.05. The predicted octanol–water partition coefficient (Wildman–Crippen LogP) is 1.65. The predicted molar refractivity (Wildman–Crippen MR) is 72.6 cm³/mol. The van der Waals surface area contributed by atoms with E-state index in [2.05, 4.69) is 24.3 Å². The molecule has 0 aliphatic carbocycles. The van der Waals surface area contributed by atoms with E-state index in [1.54, 1.807) is 10.9 Å². The molecular formula is C13H25N3O2. The topological polar surface area (TPSA) is 59.3 Å². The molecule has 1 rings (SSSR count). The molecule has 1 aromatic rings. The molecule has 5 nitrogen and oxygen atoms in total. The fourth-order valence-electron chi connectivity index (χ4n) is 1.62. The van der Waals surface area contributed by atoms with Crippen LogP contribution in [0.1, 0.15) is 26.7 Å². The van der Waals surface area contributed by atoms with Crippen molar-refractivity contribution >= 4 is 5.69 Å². The van der Waals surface area contributed by atoms with Crippen molar-refractivity contribution in [2.75, 3.05) is 25.1 Å². The van der Waals surface area contributed by atoms with Crippen LogP contribution in [0.4, 0.5) is 5.69 Å². The van der Waals surface area contributed by atoms with Gasteiger partial charge in [0.15, 0.2) is 0 Å². The fourth-order valence-corrected chi connectivity index (χ4v) is 1.62. The molecule has 18 heavy (non-hydrogen) atoms. The molecule has 1 unspecified atom stereocenters. The number of aliphatic hydroxyl groups is 1. The number of aromatic nitrogens is 2. The first-order chi connectivity index (χ1) is 8.58. The zero-order valence-corrected chi connectivity index (χ0v) is 11.6. The molecule has 0 aliphatic heterocycles. The molecule has 104 valence electrons. The van der Waals surface area contributed by atoms with Gasteiger partial charge in [-0.15, -0.1) is 0 Å². The van der Waals surface area contributed by atoms with Crippen molar-refractivity contribution in [2.24, 2.45) is 13.0 Å². The molecule has 0 saturated carbocycles. The van der Waals surface area contributed by atoms with Crippen molar-refractivity contribution in [1.29, 1.82) is 0 Å². The molecule has 1 atom stereocenters. The lowest BCUT2D eigenvalue weighted by Gasteiger charge is -2.12. The van der Waals surface area contributed by atoms with Gasteiger partial charge < -0.3 is 15.2 Å². The Morgan fingerprint density at radius 3 is 2.89 bits per heavy atom. The van der Waals surface area contributed by atoms with Crippen LogP contribution < -0.4 is 5.32 Å². The summed E-state index contributed by atoms with van der Waals surface area (Å²) in [5.74, 6) is 0.714. The van der Waals surface area contributed by atoms with Gasteiger partial charge in [-0.25, -0.2) is 0 Å². The van der Waals surface area contributed by atoms with E-state index in [0.717, 1.165) is 18.7 Å². The zero-order chi connectivity index (χ0) is 13.4. The van der Waals surface area contributed by atoms with E-state index in [-0.39, 0.29) is 0 Å². The summed E-state index contributed by atoms with van der Waals surface area (Å²) < 4.78 is 7.15. The average Bonchev–Trinajstić information content (AvgIpc) is 2.71. The molecule has 0 aromatic carbocycles. The lowest BCUT2D eigenvalue weighted by Crippen LogP contribution is -2.25. The van der Waals surface area contributed by atoms with E-state index in [1.807, 2.05) is 13.2 Å². The number of anilines is 1. The van der Waals surface area contributed by atoms with Crippen molar-refractivity contribution in [3.05, 3.63) is 12.4 Å². The van der Waals surface area contributed by atoms with Crippen LogP contribution in [0.25, 0.3) is 0 Å². The summed E-state index contributed by atoms with van der Waals surface area (Å²) in [6.07, 6.45) is 5.35. The number of nitrogens with zero attached hydrogens (tertiary/aromatic N) is 2. The van der Waals surface area contributed by atoms with E-state index in [1.165, 1.54) is 6.42 Å². The smallest absolute Gasteiger partial charge is 0.0945 e. The molecule has 0 radical (unpaired) electrons. The van der Waals surface area contributed by atoms with Crippen LogP contribution in [0, 0.1) is 5.92 Å². The van der Waals surface area contributed by atoms with Crippen LogP contribution in [0.5, 0.6) is 0 Å². The molecular weight excluding hydrogens is 230 g/mol. The second kappa shape index (κ2) is 8.11. The highest BCUT2D eigenvalue weighted by atomic mass is 16.5. The lowest BCUT2D eigenvalue weighted by molar-refractivity contribution is 0.0409. The maximum atomic E-state index is 9.71. The Hall–Kier alpha value is -1.07. The van der Waals surface area contributed by atoms with Crippen molar-refractivity contribution in [2.45, 2.75) is 32.8 Å². The first-order valence-electron chi connectivity index (χ1n) is 6.56. The first kappa shape index (κ1) is 15.0. The van der Waals surface area contributed by atoms with Gasteiger partial charge >= 0.3 is 0 Å². The van der Waals surface area contributed by atoms with Crippen LogP contribution in [0.15, 0.2) is 12.4 Å². The maximum absolute atomic E-state index is 9.71. The molecule has 5 heteroatoms. The van der Waals surface area contributed by atoms with E-state index in [9.17, 15) is 5.11 Å². The van der Waals surface area contributed by atoms with Gasteiger partial charge in [0.2, 0.25) is 0 Å². The summed E-state index contributed by atoms with van der Waals surface area (Å²) in [6, 6.07) is 0. The Labute approximate surface area is 109 Å². The zero-order valence-electron chi connectivity index (χ0n) is 11.6. The van der Waals surface area contributed by atoms with Gasteiger partial charge in [0.25, 0.3) is 0 Å². The minimum absolute atomic E-state index is 0.380. The van der Waals surface area contributed by atoms with E-state index < -0.39 is 6.10 Å². The monoisotopic (exact) mass is 255 g/mol. The summed E-state index contributed by atoms with van der Waals surface area (Å²) in [6.45, 7) is 5.99. The molecule has 1 aromatic heterocycles. The fraction of sp³-hybridized carbons (Fsp3) is 0.769. The van der Waals surface area contributed by atoms with Gasteiger partial charge in [0.1, 0.15) is 0 Å². The normalized spacial score (nSPS) is 12.9. The van der Waals surface area contributed by atoms with Gasteiger partial charge in [-0.05, 0) is 18.8 Å². The third-order valence-corrected chi connectivity index (χ3v) is 2.63. The van der Waals surface area contributed by atoms with Crippen molar-refractivity contribution in [3.8, 4) is 0 Å².